The molecule has 27 heavy (non-hydrogen) atoms. The molecule has 1 aliphatic heterocycles. The first-order valence-electron chi connectivity index (χ1n) is 8.01. The SMILES string of the molecule is CC(=O)OC[C@H]1OC(OCC=O)[C@H](OC(C)=O)[C@@H](OC(C)=O)[C@@H]1OC(C)=O. The molecule has 0 saturated carbocycles. The van der Waals surface area contributed by atoms with E-state index in [2.05, 4.69) is 0 Å². The molecule has 0 radical (unpaired) electrons. The molecule has 11 heteroatoms. The third-order valence-corrected chi connectivity index (χ3v) is 3.28. The van der Waals surface area contributed by atoms with Gasteiger partial charge in [0.2, 0.25) is 0 Å². The highest BCUT2D eigenvalue weighted by Gasteiger charge is 2.52. The second-order valence-corrected chi connectivity index (χ2v) is 5.57. The normalized spacial score (nSPS) is 27.2. The van der Waals surface area contributed by atoms with Gasteiger partial charge in [0.15, 0.2) is 24.6 Å². The lowest BCUT2D eigenvalue weighted by molar-refractivity contribution is -0.305. The van der Waals surface area contributed by atoms with Crippen LogP contribution in [0.5, 0.6) is 0 Å². The number of hydrogen-bond acceptors (Lipinski definition) is 11. The first-order chi connectivity index (χ1) is 12.6. The van der Waals surface area contributed by atoms with Crippen molar-refractivity contribution in [1.82, 2.24) is 0 Å². The van der Waals surface area contributed by atoms with E-state index < -0.39 is 61.2 Å². The summed E-state index contributed by atoms with van der Waals surface area (Å²) in [5.74, 6) is -2.86. The first-order valence-corrected chi connectivity index (χ1v) is 8.01. The van der Waals surface area contributed by atoms with Crippen LogP contribution in [0.1, 0.15) is 27.7 Å². The van der Waals surface area contributed by atoms with Crippen molar-refractivity contribution >= 4 is 30.2 Å². The third-order valence-electron chi connectivity index (χ3n) is 3.28. The van der Waals surface area contributed by atoms with Gasteiger partial charge in [-0.15, -0.1) is 0 Å². The molecule has 0 aromatic rings. The van der Waals surface area contributed by atoms with Crippen molar-refractivity contribution in [3.05, 3.63) is 0 Å². The van der Waals surface area contributed by atoms with Crippen LogP contribution in [0.3, 0.4) is 0 Å². The van der Waals surface area contributed by atoms with E-state index in [1.165, 1.54) is 0 Å². The summed E-state index contributed by atoms with van der Waals surface area (Å²) in [6, 6.07) is 0. The van der Waals surface area contributed by atoms with E-state index in [1.54, 1.807) is 0 Å². The minimum Gasteiger partial charge on any atom is -0.463 e. The summed E-state index contributed by atoms with van der Waals surface area (Å²) in [5, 5.41) is 0. The number of rotatable bonds is 8. The molecule has 0 bridgehead atoms. The predicted octanol–water partition coefficient (Wildman–Crippen LogP) is -0.715. The Bertz CT molecular complexity index is 573. The highest BCUT2D eigenvalue weighted by molar-refractivity contribution is 5.68. The number of carbonyl (C=O) groups is 5. The molecular formula is C16H22O11. The molecule has 152 valence electrons. The second kappa shape index (κ2) is 10.6. The topological polar surface area (TPSA) is 141 Å². The maximum Gasteiger partial charge on any atom is 0.303 e. The Kier molecular flexibility index (Phi) is 8.82. The van der Waals surface area contributed by atoms with E-state index >= 15 is 0 Å². The zero-order valence-corrected chi connectivity index (χ0v) is 15.4. The lowest BCUT2D eigenvalue weighted by atomic mass is 9.98. The molecule has 1 fully saturated rings. The van der Waals surface area contributed by atoms with Crippen LogP contribution in [-0.2, 0) is 52.4 Å². The molecule has 0 amide bonds. The predicted molar refractivity (Wildman–Crippen MR) is 84.0 cm³/mol. The summed E-state index contributed by atoms with van der Waals surface area (Å²) in [6.07, 6.45) is -5.91. The summed E-state index contributed by atoms with van der Waals surface area (Å²) in [6.45, 7) is 3.71. The minimum absolute atomic E-state index is 0.362. The standard InChI is InChI=1S/C16H22O11/c1-8(18)23-7-12-13(24-9(2)19)14(25-10(3)20)15(26-11(4)21)16(27-12)22-6-5-17/h5,12-16H,6-7H2,1-4H3/t12-,13-,14+,15-,16?/m1/s1. The minimum atomic E-state index is -1.34. The van der Waals surface area contributed by atoms with Crippen molar-refractivity contribution in [2.45, 2.75) is 58.4 Å². The van der Waals surface area contributed by atoms with Crippen LogP contribution in [0.4, 0.5) is 0 Å². The van der Waals surface area contributed by atoms with Crippen LogP contribution in [-0.4, -0.2) is 74.1 Å². The van der Waals surface area contributed by atoms with Crippen molar-refractivity contribution in [3.63, 3.8) is 0 Å². The van der Waals surface area contributed by atoms with Crippen LogP contribution in [0, 0.1) is 0 Å². The lowest BCUT2D eigenvalue weighted by Gasteiger charge is -2.43. The maximum atomic E-state index is 11.5. The lowest BCUT2D eigenvalue weighted by Crippen LogP contribution is -2.63. The average molecular weight is 390 g/mol. The monoisotopic (exact) mass is 390 g/mol. The fourth-order valence-corrected chi connectivity index (χ4v) is 2.46. The van der Waals surface area contributed by atoms with E-state index in [1.807, 2.05) is 0 Å². The van der Waals surface area contributed by atoms with E-state index in [0.29, 0.717) is 6.29 Å². The summed E-state index contributed by atoms with van der Waals surface area (Å²) >= 11 is 0. The highest BCUT2D eigenvalue weighted by atomic mass is 16.7. The smallest absolute Gasteiger partial charge is 0.303 e. The number of carbonyl (C=O) groups excluding carboxylic acids is 5. The molecule has 0 aromatic carbocycles. The third kappa shape index (κ3) is 7.31. The molecule has 0 N–H and O–H groups in total. The Morgan fingerprint density at radius 3 is 1.81 bits per heavy atom. The van der Waals surface area contributed by atoms with Crippen molar-refractivity contribution in [3.8, 4) is 0 Å². The molecule has 1 saturated heterocycles. The van der Waals surface area contributed by atoms with Crippen molar-refractivity contribution in [2.24, 2.45) is 0 Å². The van der Waals surface area contributed by atoms with Gasteiger partial charge in [-0.1, -0.05) is 0 Å². The Balaban J connectivity index is 3.24. The Hall–Kier alpha value is -2.53. The molecule has 1 unspecified atom stereocenters. The van der Waals surface area contributed by atoms with E-state index in [0.717, 1.165) is 27.7 Å². The zero-order chi connectivity index (χ0) is 20.6. The number of aldehydes is 1. The van der Waals surface area contributed by atoms with Gasteiger partial charge < -0.3 is 33.2 Å². The molecule has 0 spiro atoms. The molecule has 5 atom stereocenters. The second-order valence-electron chi connectivity index (χ2n) is 5.57. The molecule has 0 aliphatic carbocycles. The largest absolute Gasteiger partial charge is 0.463 e. The van der Waals surface area contributed by atoms with Gasteiger partial charge in [-0.05, 0) is 0 Å². The average Bonchev–Trinajstić information content (AvgIpc) is 2.54. The van der Waals surface area contributed by atoms with E-state index in [-0.39, 0.29) is 6.61 Å². The van der Waals surface area contributed by atoms with Crippen molar-refractivity contribution < 1.29 is 52.4 Å². The molecule has 0 aromatic heterocycles. The number of hydrogen-bond donors (Lipinski definition) is 0. The van der Waals surface area contributed by atoms with Gasteiger partial charge in [0, 0.05) is 27.7 Å². The van der Waals surface area contributed by atoms with Gasteiger partial charge in [-0.25, -0.2) is 0 Å². The van der Waals surface area contributed by atoms with Gasteiger partial charge in [-0.3, -0.25) is 19.2 Å². The summed E-state index contributed by atoms with van der Waals surface area (Å²) < 4.78 is 31.1. The van der Waals surface area contributed by atoms with Gasteiger partial charge >= 0.3 is 23.9 Å². The molecule has 1 heterocycles. The number of ether oxygens (including phenoxy) is 6. The fraction of sp³-hybridized carbons (Fsp3) is 0.688. The van der Waals surface area contributed by atoms with Crippen LogP contribution >= 0.6 is 0 Å². The molecule has 1 aliphatic rings. The van der Waals surface area contributed by atoms with Crippen LogP contribution in [0.15, 0.2) is 0 Å². The van der Waals surface area contributed by atoms with Crippen molar-refractivity contribution in [2.75, 3.05) is 13.2 Å². The Morgan fingerprint density at radius 1 is 0.815 bits per heavy atom. The van der Waals surface area contributed by atoms with E-state index in [9.17, 15) is 24.0 Å². The maximum absolute atomic E-state index is 11.5. The Labute approximate surface area is 155 Å². The van der Waals surface area contributed by atoms with Crippen LogP contribution in [0.25, 0.3) is 0 Å². The van der Waals surface area contributed by atoms with Gasteiger partial charge in [0.1, 0.15) is 25.6 Å². The molecular weight excluding hydrogens is 368 g/mol. The summed E-state index contributed by atoms with van der Waals surface area (Å²) in [4.78, 5) is 56.3. The first kappa shape index (κ1) is 22.5. The summed E-state index contributed by atoms with van der Waals surface area (Å²) in [7, 11) is 0. The van der Waals surface area contributed by atoms with E-state index in [4.69, 9.17) is 28.4 Å². The zero-order valence-electron chi connectivity index (χ0n) is 15.4. The highest BCUT2D eigenvalue weighted by Crippen LogP contribution is 2.29. The van der Waals surface area contributed by atoms with Crippen molar-refractivity contribution in [1.29, 1.82) is 0 Å². The van der Waals surface area contributed by atoms with Gasteiger partial charge in [-0.2, -0.15) is 0 Å². The fourth-order valence-electron chi connectivity index (χ4n) is 2.46. The van der Waals surface area contributed by atoms with Crippen LogP contribution in [0.2, 0.25) is 0 Å². The van der Waals surface area contributed by atoms with Crippen LogP contribution < -0.4 is 0 Å². The molecule has 1 rings (SSSR count). The number of esters is 4. The summed E-state index contributed by atoms with van der Waals surface area (Å²) in [5.41, 5.74) is 0. The molecule has 11 nitrogen and oxygen atoms in total. The van der Waals surface area contributed by atoms with Gasteiger partial charge in [0.05, 0.1) is 0 Å². The van der Waals surface area contributed by atoms with Gasteiger partial charge in [0.25, 0.3) is 0 Å². The quantitative estimate of drug-likeness (QED) is 0.295. The Morgan fingerprint density at radius 2 is 1.33 bits per heavy atom.